The summed E-state index contributed by atoms with van der Waals surface area (Å²) in [7, 11) is 0. The molecule has 8 rings (SSSR count). The van der Waals surface area contributed by atoms with Gasteiger partial charge in [0.1, 0.15) is 35.5 Å². The van der Waals surface area contributed by atoms with Gasteiger partial charge in [-0.1, -0.05) is 11.6 Å². The number of hydrogen-bond acceptors (Lipinski definition) is 8. The van der Waals surface area contributed by atoms with E-state index in [-0.39, 0.29) is 41.9 Å². The van der Waals surface area contributed by atoms with Crippen LogP contribution >= 0.6 is 11.6 Å². The van der Waals surface area contributed by atoms with E-state index in [1.54, 1.807) is 4.90 Å². The summed E-state index contributed by atoms with van der Waals surface area (Å²) in [5, 5.41) is 11.7. The third kappa shape index (κ3) is 5.21. The fourth-order valence-electron chi connectivity index (χ4n) is 6.92. The number of alkyl halides is 7. The lowest BCUT2D eigenvalue weighted by atomic mass is 9.93. The molecule has 1 aromatic carbocycles. The summed E-state index contributed by atoms with van der Waals surface area (Å²) in [4.78, 5) is 25.0. The zero-order chi connectivity index (χ0) is 36.3. The molecular weight excluding hydrogens is 649 g/mol. The summed E-state index contributed by atoms with van der Waals surface area (Å²) in [5.74, 6) is -1.25. The Morgan fingerprint density at radius 2 is 1.93 bits per heavy atom. The molecule has 0 amide bonds. The molecule has 2 N–H and O–H groups in total. The van der Waals surface area contributed by atoms with Gasteiger partial charge in [-0.2, -0.15) is 36.3 Å². The molecule has 0 saturated carbocycles. The van der Waals surface area contributed by atoms with Crippen molar-refractivity contribution >= 4 is 28.3 Å². The van der Waals surface area contributed by atoms with Gasteiger partial charge < -0.3 is 20.1 Å². The minimum Gasteiger partial charge on any atom is -0.508 e. The maximum Gasteiger partial charge on any atom is 0.431 e. The van der Waals surface area contributed by atoms with E-state index in [1.165, 1.54) is 0 Å². The van der Waals surface area contributed by atoms with Crippen molar-refractivity contribution in [3.8, 4) is 17.4 Å². The van der Waals surface area contributed by atoms with Crippen molar-refractivity contribution in [1.82, 2.24) is 24.8 Å². The molecule has 9 nitrogen and oxygen atoms in total. The van der Waals surface area contributed by atoms with Crippen LogP contribution < -0.4 is 20.5 Å². The van der Waals surface area contributed by atoms with Crippen LogP contribution in [-0.4, -0.2) is 81.0 Å². The molecule has 17 heteroatoms. The predicted octanol–water partition coefficient (Wildman–Crippen LogP) is 5.07. The molecule has 0 spiro atoms. The second kappa shape index (κ2) is 10.8. The van der Waals surface area contributed by atoms with Gasteiger partial charge in [-0.3, -0.25) is 14.3 Å². The van der Waals surface area contributed by atoms with Crippen molar-refractivity contribution in [3.05, 3.63) is 44.8 Å². The molecule has 2 unspecified atom stereocenters. The monoisotopic (exact) mass is 680 g/mol. The Bertz CT molecular complexity index is 1940. The topological polar surface area (TPSA) is 95.8 Å². The van der Waals surface area contributed by atoms with E-state index >= 15 is 0 Å². The van der Waals surface area contributed by atoms with E-state index < -0.39 is 100 Å². The van der Waals surface area contributed by atoms with Gasteiger partial charge in [0.2, 0.25) is 0 Å². The SMILES string of the molecule is [2H]C1([2H])CC[C@@]2(C([2H])([2H])Oc3nc(N4CC5CCC4CN5)c4cc(C(F)(F)F)n(-c5cc(O)cc(Cl)c5C(F)(F)F)c(=O)c4n3)C[C@@H](F)CN12. The van der Waals surface area contributed by atoms with E-state index in [1.807, 2.05) is 0 Å². The maximum absolute atomic E-state index is 14.8. The average molecular weight is 681 g/mol. The zero-order valence-electron chi connectivity index (χ0n) is 27.6. The maximum atomic E-state index is 14.8. The molecule has 248 valence electrons. The largest absolute Gasteiger partial charge is 0.508 e. The van der Waals surface area contributed by atoms with Crippen LogP contribution in [0, 0.1) is 0 Å². The van der Waals surface area contributed by atoms with Gasteiger partial charge in [-0.25, -0.2) is 4.39 Å². The molecule has 0 radical (unpaired) electrons. The molecule has 5 aliphatic heterocycles. The minimum atomic E-state index is -5.45. The highest BCUT2D eigenvalue weighted by molar-refractivity contribution is 6.31. The van der Waals surface area contributed by atoms with Crippen LogP contribution in [0.25, 0.3) is 16.6 Å². The van der Waals surface area contributed by atoms with Gasteiger partial charge in [0.25, 0.3) is 5.56 Å². The highest BCUT2D eigenvalue weighted by atomic mass is 35.5. The van der Waals surface area contributed by atoms with E-state index in [0.717, 1.165) is 4.90 Å². The van der Waals surface area contributed by atoms with Gasteiger partial charge in [0, 0.05) is 46.9 Å². The number of halogens is 8. The van der Waals surface area contributed by atoms with E-state index in [2.05, 4.69) is 15.3 Å². The first kappa shape index (κ1) is 26.7. The summed E-state index contributed by atoms with van der Waals surface area (Å²) in [5.41, 5.74) is -9.62. The Balaban J connectivity index is 1.49. The fraction of sp³-hybridized carbons (Fsp3) is 0.552. The first-order valence-electron chi connectivity index (χ1n) is 16.4. The van der Waals surface area contributed by atoms with Crippen molar-refractivity contribution in [2.45, 2.75) is 68.3 Å². The number of nitrogens with one attached hydrogen (secondary N) is 1. The number of anilines is 1. The molecule has 2 aromatic heterocycles. The molecule has 46 heavy (non-hydrogen) atoms. The zero-order valence-corrected chi connectivity index (χ0v) is 24.4. The van der Waals surface area contributed by atoms with Crippen molar-refractivity contribution in [1.29, 1.82) is 0 Å². The predicted molar refractivity (Wildman–Crippen MR) is 153 cm³/mol. The number of aromatic nitrogens is 3. The van der Waals surface area contributed by atoms with Crippen molar-refractivity contribution in [2.24, 2.45) is 0 Å². The third-order valence-corrected chi connectivity index (χ3v) is 9.25. The van der Waals surface area contributed by atoms with E-state index in [4.69, 9.17) is 21.8 Å². The molecule has 5 fully saturated rings. The molecule has 7 heterocycles. The Labute approximate surface area is 267 Å². The van der Waals surface area contributed by atoms with Gasteiger partial charge in [0.05, 0.1) is 29.9 Å². The minimum absolute atomic E-state index is 0.139. The lowest BCUT2D eigenvalue weighted by Crippen LogP contribution is -2.61. The highest BCUT2D eigenvalue weighted by Crippen LogP contribution is 2.44. The third-order valence-electron chi connectivity index (χ3n) is 8.95. The number of hydrogen-bond donors (Lipinski definition) is 2. The smallest absolute Gasteiger partial charge is 0.431 e. The lowest BCUT2D eigenvalue weighted by Gasteiger charge is -2.46. The van der Waals surface area contributed by atoms with Gasteiger partial charge >= 0.3 is 18.4 Å². The Hall–Kier alpha value is -3.37. The van der Waals surface area contributed by atoms with Crippen LogP contribution in [0.15, 0.2) is 23.0 Å². The highest BCUT2D eigenvalue weighted by Gasteiger charge is 2.50. The molecule has 5 aliphatic rings. The van der Waals surface area contributed by atoms with E-state index in [9.17, 15) is 40.6 Å². The summed E-state index contributed by atoms with van der Waals surface area (Å²) < 4.78 is 142. The summed E-state index contributed by atoms with van der Waals surface area (Å²) in [6.45, 7) is -4.92. The molecular formula is C29H28ClF7N6O3. The number of ether oxygens (including phenoxy) is 1. The number of phenolic OH excluding ortho intramolecular Hbond substituents is 1. The second-order valence-electron chi connectivity index (χ2n) is 11.9. The number of piperazine rings is 1. The van der Waals surface area contributed by atoms with Gasteiger partial charge in [-0.15, -0.1) is 0 Å². The van der Waals surface area contributed by atoms with Crippen LogP contribution in [0.5, 0.6) is 11.8 Å². The first-order chi connectivity index (χ1) is 23.1. The summed E-state index contributed by atoms with van der Waals surface area (Å²) in [6, 6.07) is -0.210. The quantitative estimate of drug-likeness (QED) is 0.361. The Morgan fingerprint density at radius 1 is 1.15 bits per heavy atom. The van der Waals surface area contributed by atoms with Crippen LogP contribution in [0.4, 0.5) is 36.6 Å². The van der Waals surface area contributed by atoms with Crippen LogP contribution in [0.3, 0.4) is 0 Å². The lowest BCUT2D eigenvalue weighted by molar-refractivity contribution is -0.144. The first-order valence-corrected chi connectivity index (χ1v) is 14.8. The van der Waals surface area contributed by atoms with Crippen molar-refractivity contribution in [2.75, 3.05) is 37.6 Å². The summed E-state index contributed by atoms with van der Waals surface area (Å²) >= 11 is 5.77. The van der Waals surface area contributed by atoms with Crippen molar-refractivity contribution < 1.29 is 46.1 Å². The number of phenols is 1. The van der Waals surface area contributed by atoms with Crippen LogP contribution in [0.2, 0.25) is 5.02 Å². The fourth-order valence-corrected chi connectivity index (χ4v) is 7.23. The normalized spacial score (nSPS) is 29.4. The Kier molecular flexibility index (Phi) is 6.28. The molecule has 5 saturated heterocycles. The molecule has 4 atom stereocenters. The number of piperidine rings is 2. The standard InChI is InChI=1S/C29H28ClF7N6O3/c30-19-6-17(44)7-20(22(19)29(35,36)37)43-21(28(32,33)34)8-18-23(25(43)45)39-26(40-24(18)42-12-15-2-3-16(42)10-38-15)46-13-27-4-1-5-41(27)11-14(31)9-27/h6-8,14-16,38,44H,1-5,9-13H2/t14-,15?,16?,27+/m1/s1/i5D2,13D2. The number of rotatable bonds is 5. The number of benzene rings is 1. The van der Waals surface area contributed by atoms with Crippen LogP contribution in [-0.2, 0) is 12.4 Å². The number of nitrogens with zero attached hydrogens (tertiary/aromatic N) is 5. The van der Waals surface area contributed by atoms with Gasteiger partial charge in [0.15, 0.2) is 0 Å². The van der Waals surface area contributed by atoms with Crippen LogP contribution in [0.1, 0.15) is 48.8 Å². The second-order valence-corrected chi connectivity index (χ2v) is 12.3. The van der Waals surface area contributed by atoms with Gasteiger partial charge in [-0.05, 0) is 44.3 Å². The van der Waals surface area contributed by atoms with E-state index in [0.29, 0.717) is 37.6 Å². The molecule has 0 aliphatic carbocycles. The van der Waals surface area contributed by atoms with Crippen molar-refractivity contribution in [3.63, 3.8) is 0 Å². The summed E-state index contributed by atoms with van der Waals surface area (Å²) in [6.07, 6.45) is -12.0. The Morgan fingerprint density at radius 3 is 2.59 bits per heavy atom. The molecule has 3 aromatic rings. The number of aromatic hydroxyl groups is 1. The molecule has 2 bridgehead atoms. The number of pyridine rings is 1. The average Bonchev–Trinajstić information content (AvgIpc) is 3.49. The number of fused-ring (bicyclic) bond motifs is 5.